The quantitative estimate of drug-likeness (QED) is 0.369. The van der Waals surface area contributed by atoms with Crippen LogP contribution in [0.4, 0.5) is 16.2 Å². The first kappa shape index (κ1) is 23.0. The van der Waals surface area contributed by atoms with Crippen LogP contribution < -0.4 is 15.4 Å². The summed E-state index contributed by atoms with van der Waals surface area (Å²) in [4.78, 5) is 37.5. The van der Waals surface area contributed by atoms with Crippen molar-refractivity contribution in [1.29, 1.82) is 0 Å². The number of carbonyl (C=O) groups excluding carboxylic acids is 3. The summed E-state index contributed by atoms with van der Waals surface area (Å²) in [6.45, 7) is 6.60. The molecule has 0 aliphatic carbocycles. The molecule has 0 spiro atoms. The number of hydrogen-bond acceptors (Lipinski definition) is 6. The van der Waals surface area contributed by atoms with Crippen LogP contribution in [-0.4, -0.2) is 23.6 Å². The van der Waals surface area contributed by atoms with Crippen LogP contribution in [0.2, 0.25) is 0 Å². The van der Waals surface area contributed by atoms with E-state index in [1.54, 1.807) is 62.4 Å². The molecular formula is C24H24N2O5S. The highest BCUT2D eigenvalue weighted by atomic mass is 32.1. The van der Waals surface area contributed by atoms with Gasteiger partial charge in [-0.3, -0.25) is 14.9 Å². The lowest BCUT2D eigenvalue weighted by atomic mass is 10.1. The Bertz CT molecular complexity index is 1130. The standard InChI is InChI=1S/C24H24N2O5S/c1-15(27)30-18-8-5-7-17(13-18)22(28)25-20-14-16(21-9-6-12-32-21)10-11-19(20)26-23(29)31-24(2,3)4/h5-14H,1-4H3,(H,25,28)(H,26,29). The molecule has 0 saturated heterocycles. The molecule has 0 unspecified atom stereocenters. The lowest BCUT2D eigenvalue weighted by molar-refractivity contribution is -0.131. The average Bonchev–Trinajstić information content (AvgIpc) is 3.22. The molecule has 2 amide bonds. The third kappa shape index (κ3) is 6.42. The van der Waals surface area contributed by atoms with Gasteiger partial charge in [-0.1, -0.05) is 18.2 Å². The van der Waals surface area contributed by atoms with Crippen molar-refractivity contribution < 1.29 is 23.9 Å². The number of carbonyl (C=O) groups is 3. The number of rotatable bonds is 5. The second-order valence-electron chi connectivity index (χ2n) is 7.94. The van der Waals surface area contributed by atoms with Gasteiger partial charge in [0.05, 0.1) is 11.4 Å². The van der Waals surface area contributed by atoms with E-state index in [0.29, 0.717) is 16.9 Å². The number of esters is 1. The molecule has 2 aromatic carbocycles. The molecule has 3 rings (SSSR count). The van der Waals surface area contributed by atoms with Gasteiger partial charge >= 0.3 is 12.1 Å². The Morgan fingerprint density at radius 3 is 2.34 bits per heavy atom. The Labute approximate surface area is 190 Å². The lowest BCUT2D eigenvalue weighted by Gasteiger charge is -2.21. The van der Waals surface area contributed by atoms with Gasteiger partial charge in [0.25, 0.3) is 5.91 Å². The summed E-state index contributed by atoms with van der Waals surface area (Å²) >= 11 is 1.56. The second kappa shape index (κ2) is 9.65. The maximum absolute atomic E-state index is 12.9. The summed E-state index contributed by atoms with van der Waals surface area (Å²) in [6.07, 6.45) is -0.631. The fourth-order valence-corrected chi connectivity index (χ4v) is 3.55. The van der Waals surface area contributed by atoms with Crippen LogP contribution in [0.5, 0.6) is 5.75 Å². The molecule has 0 fully saturated rings. The molecule has 0 aliphatic rings. The molecule has 2 N–H and O–H groups in total. The zero-order valence-electron chi connectivity index (χ0n) is 18.2. The first-order valence-electron chi connectivity index (χ1n) is 9.88. The van der Waals surface area contributed by atoms with Crippen LogP contribution in [-0.2, 0) is 9.53 Å². The molecule has 1 aromatic heterocycles. The summed E-state index contributed by atoms with van der Waals surface area (Å²) in [6, 6.07) is 15.5. The molecule has 32 heavy (non-hydrogen) atoms. The number of nitrogens with one attached hydrogen (secondary N) is 2. The molecule has 166 valence electrons. The van der Waals surface area contributed by atoms with Gasteiger partial charge in [-0.2, -0.15) is 0 Å². The van der Waals surface area contributed by atoms with Gasteiger partial charge in [0.2, 0.25) is 0 Å². The van der Waals surface area contributed by atoms with Crippen LogP contribution in [0.3, 0.4) is 0 Å². The van der Waals surface area contributed by atoms with Crippen molar-refractivity contribution in [2.75, 3.05) is 10.6 Å². The van der Waals surface area contributed by atoms with E-state index in [1.807, 2.05) is 23.6 Å². The van der Waals surface area contributed by atoms with Crippen molar-refractivity contribution in [3.8, 4) is 16.2 Å². The zero-order valence-corrected chi connectivity index (χ0v) is 19.0. The summed E-state index contributed by atoms with van der Waals surface area (Å²) in [5.41, 5.74) is 1.32. The van der Waals surface area contributed by atoms with Crippen LogP contribution in [0.15, 0.2) is 60.0 Å². The zero-order chi connectivity index (χ0) is 23.3. The highest BCUT2D eigenvalue weighted by Gasteiger charge is 2.19. The summed E-state index contributed by atoms with van der Waals surface area (Å²) in [5, 5.41) is 7.48. The molecule has 3 aromatic rings. The van der Waals surface area contributed by atoms with Crippen LogP contribution in [0.1, 0.15) is 38.1 Å². The lowest BCUT2D eigenvalue weighted by Crippen LogP contribution is -2.27. The summed E-state index contributed by atoms with van der Waals surface area (Å²) in [7, 11) is 0. The number of hydrogen-bond donors (Lipinski definition) is 2. The molecule has 0 aliphatic heterocycles. The van der Waals surface area contributed by atoms with Gasteiger partial charge in [-0.05, 0) is 68.1 Å². The van der Waals surface area contributed by atoms with E-state index in [1.165, 1.54) is 13.0 Å². The highest BCUT2D eigenvalue weighted by molar-refractivity contribution is 7.13. The smallest absolute Gasteiger partial charge is 0.412 e. The fraction of sp³-hybridized carbons (Fsp3) is 0.208. The Balaban J connectivity index is 1.89. The van der Waals surface area contributed by atoms with Crippen molar-refractivity contribution in [2.45, 2.75) is 33.3 Å². The first-order chi connectivity index (χ1) is 15.1. The van der Waals surface area contributed by atoms with Gasteiger partial charge in [0.1, 0.15) is 11.4 Å². The molecule has 0 atom stereocenters. The van der Waals surface area contributed by atoms with Crippen molar-refractivity contribution in [3.05, 3.63) is 65.5 Å². The molecule has 0 bridgehead atoms. The third-order valence-corrected chi connectivity index (χ3v) is 4.99. The van der Waals surface area contributed by atoms with E-state index in [9.17, 15) is 14.4 Å². The van der Waals surface area contributed by atoms with E-state index in [2.05, 4.69) is 10.6 Å². The number of thiophene rings is 1. The Morgan fingerprint density at radius 1 is 0.906 bits per heavy atom. The number of ether oxygens (including phenoxy) is 2. The van der Waals surface area contributed by atoms with Gasteiger partial charge < -0.3 is 14.8 Å². The Morgan fingerprint density at radius 2 is 1.69 bits per heavy atom. The monoisotopic (exact) mass is 452 g/mol. The van der Waals surface area contributed by atoms with Gasteiger partial charge in [-0.25, -0.2) is 4.79 Å². The van der Waals surface area contributed by atoms with Crippen molar-refractivity contribution >= 4 is 40.7 Å². The predicted octanol–water partition coefficient (Wildman–Crippen LogP) is 5.94. The number of benzene rings is 2. The third-order valence-electron chi connectivity index (χ3n) is 4.07. The van der Waals surface area contributed by atoms with Crippen molar-refractivity contribution in [1.82, 2.24) is 0 Å². The Hall–Kier alpha value is -3.65. The van der Waals surface area contributed by atoms with E-state index >= 15 is 0 Å². The van der Waals surface area contributed by atoms with Crippen molar-refractivity contribution in [2.24, 2.45) is 0 Å². The molecular weight excluding hydrogens is 428 g/mol. The van der Waals surface area contributed by atoms with Crippen LogP contribution in [0, 0.1) is 0 Å². The minimum Gasteiger partial charge on any atom is -0.444 e. The highest BCUT2D eigenvalue weighted by Crippen LogP contribution is 2.32. The van der Waals surface area contributed by atoms with Crippen molar-refractivity contribution in [3.63, 3.8) is 0 Å². The van der Waals surface area contributed by atoms with E-state index in [4.69, 9.17) is 9.47 Å². The molecule has 7 nitrogen and oxygen atoms in total. The van der Waals surface area contributed by atoms with Gasteiger partial charge in [0, 0.05) is 17.4 Å². The maximum atomic E-state index is 12.9. The maximum Gasteiger partial charge on any atom is 0.412 e. The summed E-state index contributed by atoms with van der Waals surface area (Å²) in [5.74, 6) is -0.630. The molecule has 8 heteroatoms. The molecule has 1 heterocycles. The number of anilines is 2. The van der Waals surface area contributed by atoms with Crippen LogP contribution in [0.25, 0.3) is 10.4 Å². The SMILES string of the molecule is CC(=O)Oc1cccc(C(=O)Nc2cc(-c3cccs3)ccc2NC(=O)OC(C)(C)C)c1. The largest absolute Gasteiger partial charge is 0.444 e. The van der Waals surface area contributed by atoms with E-state index in [-0.39, 0.29) is 5.75 Å². The fourth-order valence-electron chi connectivity index (χ4n) is 2.83. The molecule has 0 saturated carbocycles. The van der Waals surface area contributed by atoms with Gasteiger partial charge in [-0.15, -0.1) is 11.3 Å². The predicted molar refractivity (Wildman–Crippen MR) is 125 cm³/mol. The minimum atomic E-state index is -0.665. The van der Waals surface area contributed by atoms with E-state index in [0.717, 1.165) is 10.4 Å². The summed E-state index contributed by atoms with van der Waals surface area (Å²) < 4.78 is 10.4. The normalized spacial score (nSPS) is 10.9. The van der Waals surface area contributed by atoms with Crippen LogP contribution >= 0.6 is 11.3 Å². The number of amides is 2. The van der Waals surface area contributed by atoms with Gasteiger partial charge in [0.15, 0.2) is 0 Å². The topological polar surface area (TPSA) is 93.7 Å². The molecule has 0 radical (unpaired) electrons. The Kier molecular flexibility index (Phi) is 6.95. The average molecular weight is 453 g/mol. The van der Waals surface area contributed by atoms with E-state index < -0.39 is 23.6 Å². The first-order valence-corrected chi connectivity index (χ1v) is 10.8. The minimum absolute atomic E-state index is 0.268. The second-order valence-corrected chi connectivity index (χ2v) is 8.89.